The molecule has 0 bridgehead atoms. The summed E-state index contributed by atoms with van der Waals surface area (Å²) in [6, 6.07) is 13.0. The van der Waals surface area contributed by atoms with Crippen LogP contribution in [0.3, 0.4) is 0 Å². The average Bonchev–Trinajstić information content (AvgIpc) is 3.10. The van der Waals surface area contributed by atoms with Gasteiger partial charge in [0.25, 0.3) is 5.91 Å². The molecule has 1 aliphatic rings. The molecule has 1 fully saturated rings. The molecule has 1 amide bonds. The SMILES string of the molecule is C[C@@H]1CN(Cc2cccc(-c3nc4cc(C(=O)NO)ccc4o3)c2)C[C@H](C)O1. The number of amides is 1. The third-order valence-electron chi connectivity index (χ3n) is 4.83. The van der Waals surface area contributed by atoms with Crippen LogP contribution in [0, 0.1) is 0 Å². The second-order valence-electron chi connectivity index (χ2n) is 7.29. The number of nitrogens with zero attached hydrogens (tertiary/aromatic N) is 2. The average molecular weight is 381 g/mol. The number of morpholine rings is 1. The van der Waals surface area contributed by atoms with E-state index in [1.807, 2.05) is 12.1 Å². The van der Waals surface area contributed by atoms with Crippen molar-refractivity contribution in [2.24, 2.45) is 0 Å². The summed E-state index contributed by atoms with van der Waals surface area (Å²) >= 11 is 0. The van der Waals surface area contributed by atoms with Crippen molar-refractivity contribution in [1.82, 2.24) is 15.4 Å². The van der Waals surface area contributed by atoms with Gasteiger partial charge in [-0.3, -0.25) is 14.9 Å². The van der Waals surface area contributed by atoms with Crippen molar-refractivity contribution in [3.8, 4) is 11.5 Å². The van der Waals surface area contributed by atoms with Gasteiger partial charge in [0.05, 0.1) is 12.2 Å². The van der Waals surface area contributed by atoms with E-state index in [2.05, 4.69) is 35.9 Å². The molecule has 0 spiro atoms. The molecule has 2 N–H and O–H groups in total. The molecule has 28 heavy (non-hydrogen) atoms. The number of hydrogen-bond donors (Lipinski definition) is 2. The Morgan fingerprint density at radius 2 is 2.00 bits per heavy atom. The predicted molar refractivity (Wildman–Crippen MR) is 104 cm³/mol. The Labute approximate surface area is 162 Å². The summed E-state index contributed by atoms with van der Waals surface area (Å²) in [6.45, 7) is 6.86. The van der Waals surface area contributed by atoms with Crippen molar-refractivity contribution >= 4 is 17.0 Å². The number of carbonyl (C=O) groups is 1. The maximum atomic E-state index is 11.6. The molecule has 0 aliphatic carbocycles. The fraction of sp³-hybridized carbons (Fsp3) is 0.333. The fourth-order valence-corrected chi connectivity index (χ4v) is 3.73. The molecule has 4 rings (SSSR count). The van der Waals surface area contributed by atoms with E-state index in [-0.39, 0.29) is 12.2 Å². The molecule has 7 heteroatoms. The van der Waals surface area contributed by atoms with Crippen LogP contribution in [0.1, 0.15) is 29.8 Å². The molecule has 2 heterocycles. The van der Waals surface area contributed by atoms with Crippen LogP contribution in [-0.4, -0.2) is 46.3 Å². The quantitative estimate of drug-likeness (QED) is 0.533. The zero-order chi connectivity index (χ0) is 19.7. The maximum absolute atomic E-state index is 11.6. The molecule has 0 radical (unpaired) electrons. The number of benzene rings is 2. The van der Waals surface area contributed by atoms with E-state index in [0.29, 0.717) is 22.6 Å². The van der Waals surface area contributed by atoms with Crippen molar-refractivity contribution < 1.29 is 19.2 Å². The number of ether oxygens (including phenoxy) is 1. The first-order valence-electron chi connectivity index (χ1n) is 9.34. The van der Waals surface area contributed by atoms with Gasteiger partial charge in [0, 0.05) is 30.8 Å². The van der Waals surface area contributed by atoms with E-state index in [9.17, 15) is 4.79 Å². The number of oxazole rings is 1. The van der Waals surface area contributed by atoms with E-state index in [0.717, 1.165) is 25.2 Å². The Hall–Kier alpha value is -2.74. The highest BCUT2D eigenvalue weighted by Crippen LogP contribution is 2.26. The normalized spacial score (nSPS) is 20.4. The van der Waals surface area contributed by atoms with Crippen molar-refractivity contribution in [3.63, 3.8) is 0 Å². The molecule has 7 nitrogen and oxygen atoms in total. The van der Waals surface area contributed by atoms with Gasteiger partial charge in [-0.15, -0.1) is 0 Å². The van der Waals surface area contributed by atoms with Crippen molar-refractivity contribution in [2.45, 2.75) is 32.6 Å². The highest BCUT2D eigenvalue weighted by atomic mass is 16.5. The van der Waals surface area contributed by atoms with Crippen LogP contribution in [0.4, 0.5) is 0 Å². The lowest BCUT2D eigenvalue weighted by Gasteiger charge is -2.35. The molecule has 0 saturated carbocycles. The Morgan fingerprint density at radius 3 is 2.75 bits per heavy atom. The predicted octanol–water partition coefficient (Wildman–Crippen LogP) is 3.22. The van der Waals surface area contributed by atoms with Gasteiger partial charge in [0.2, 0.25) is 5.89 Å². The van der Waals surface area contributed by atoms with Crippen molar-refractivity contribution in [2.75, 3.05) is 13.1 Å². The van der Waals surface area contributed by atoms with E-state index in [1.54, 1.807) is 23.7 Å². The third-order valence-corrected chi connectivity index (χ3v) is 4.83. The van der Waals surface area contributed by atoms with Gasteiger partial charge >= 0.3 is 0 Å². The Morgan fingerprint density at radius 1 is 1.21 bits per heavy atom. The van der Waals surface area contributed by atoms with Gasteiger partial charge in [-0.2, -0.15) is 0 Å². The van der Waals surface area contributed by atoms with E-state index < -0.39 is 5.91 Å². The fourth-order valence-electron chi connectivity index (χ4n) is 3.73. The highest BCUT2D eigenvalue weighted by Gasteiger charge is 2.22. The summed E-state index contributed by atoms with van der Waals surface area (Å²) in [5, 5.41) is 8.79. The summed E-state index contributed by atoms with van der Waals surface area (Å²) in [4.78, 5) is 18.5. The number of fused-ring (bicyclic) bond motifs is 1. The first-order chi connectivity index (χ1) is 13.5. The summed E-state index contributed by atoms with van der Waals surface area (Å²) in [6.07, 6.45) is 0.462. The molecular weight excluding hydrogens is 358 g/mol. The van der Waals surface area contributed by atoms with Crippen LogP contribution in [0.2, 0.25) is 0 Å². The van der Waals surface area contributed by atoms with E-state index in [1.165, 1.54) is 5.56 Å². The van der Waals surface area contributed by atoms with Gasteiger partial charge in [-0.05, 0) is 49.7 Å². The molecule has 1 aliphatic heterocycles. The van der Waals surface area contributed by atoms with Crippen LogP contribution in [0.25, 0.3) is 22.6 Å². The van der Waals surface area contributed by atoms with Gasteiger partial charge in [0.1, 0.15) is 5.52 Å². The minimum Gasteiger partial charge on any atom is -0.436 e. The number of nitrogens with one attached hydrogen (secondary N) is 1. The molecule has 1 saturated heterocycles. The lowest BCUT2D eigenvalue weighted by atomic mass is 10.1. The number of aromatic nitrogens is 1. The van der Waals surface area contributed by atoms with Crippen molar-refractivity contribution in [1.29, 1.82) is 0 Å². The van der Waals surface area contributed by atoms with Gasteiger partial charge in [0.15, 0.2) is 5.58 Å². The molecule has 146 valence electrons. The van der Waals surface area contributed by atoms with E-state index >= 15 is 0 Å². The summed E-state index contributed by atoms with van der Waals surface area (Å²) < 4.78 is 11.7. The second-order valence-corrected chi connectivity index (χ2v) is 7.29. The number of rotatable bonds is 4. The third kappa shape index (κ3) is 3.91. The first kappa shape index (κ1) is 18.6. The highest BCUT2D eigenvalue weighted by molar-refractivity contribution is 5.96. The van der Waals surface area contributed by atoms with Gasteiger partial charge in [-0.1, -0.05) is 12.1 Å². The van der Waals surface area contributed by atoms with Crippen LogP contribution in [0.5, 0.6) is 0 Å². The zero-order valence-corrected chi connectivity index (χ0v) is 15.9. The van der Waals surface area contributed by atoms with Crippen LogP contribution < -0.4 is 5.48 Å². The summed E-state index contributed by atoms with van der Waals surface area (Å²) in [5.41, 5.74) is 5.17. The monoisotopic (exact) mass is 381 g/mol. The first-order valence-corrected chi connectivity index (χ1v) is 9.34. The van der Waals surface area contributed by atoms with Gasteiger partial charge < -0.3 is 9.15 Å². The molecule has 2 atom stereocenters. The van der Waals surface area contributed by atoms with Gasteiger partial charge in [-0.25, -0.2) is 10.5 Å². The molecule has 2 aromatic carbocycles. The molecule has 0 unspecified atom stereocenters. The Kier molecular flexibility index (Phi) is 5.13. The second kappa shape index (κ2) is 7.71. The number of hydrogen-bond acceptors (Lipinski definition) is 6. The Balaban J connectivity index is 1.57. The summed E-state index contributed by atoms with van der Waals surface area (Å²) in [5.74, 6) is -0.0791. The lowest BCUT2D eigenvalue weighted by Crippen LogP contribution is -2.44. The molecule has 1 aromatic heterocycles. The number of hydroxylamine groups is 1. The number of carbonyl (C=O) groups excluding carboxylic acids is 1. The standard InChI is InChI=1S/C21H23N3O4/c1-13-10-24(11-14(2)27-13)12-15-4-3-5-17(8-15)21-22-18-9-16(20(25)23-26)6-7-19(18)28-21/h3-9,13-14,26H,10-12H2,1-2H3,(H,23,25)/t13-,14+. The largest absolute Gasteiger partial charge is 0.436 e. The minimum absolute atomic E-state index is 0.231. The summed E-state index contributed by atoms with van der Waals surface area (Å²) in [7, 11) is 0. The van der Waals surface area contributed by atoms with Crippen LogP contribution in [-0.2, 0) is 11.3 Å². The Bertz CT molecular complexity index is 990. The lowest BCUT2D eigenvalue weighted by molar-refractivity contribution is -0.0704. The van der Waals surface area contributed by atoms with Crippen LogP contribution in [0.15, 0.2) is 46.9 Å². The molecular formula is C21H23N3O4. The van der Waals surface area contributed by atoms with Crippen LogP contribution >= 0.6 is 0 Å². The topological polar surface area (TPSA) is 87.8 Å². The van der Waals surface area contributed by atoms with Crippen molar-refractivity contribution in [3.05, 3.63) is 53.6 Å². The smallest absolute Gasteiger partial charge is 0.274 e. The zero-order valence-electron chi connectivity index (χ0n) is 15.9. The van der Waals surface area contributed by atoms with E-state index in [4.69, 9.17) is 14.4 Å². The maximum Gasteiger partial charge on any atom is 0.274 e. The molecule has 3 aromatic rings. The minimum atomic E-state index is -0.581.